The molecule has 3 heterocycles. The second-order valence-electron chi connectivity index (χ2n) is 7.73. The van der Waals surface area contributed by atoms with E-state index in [4.69, 9.17) is 4.42 Å². The highest BCUT2D eigenvalue weighted by Crippen LogP contribution is 2.24. The Bertz CT molecular complexity index is 1210. The number of benzene rings is 1. The lowest BCUT2D eigenvalue weighted by molar-refractivity contribution is 0.0775. The number of carbonyl (C=O) groups excluding carboxylic acids is 1. The monoisotopic (exact) mass is 408 g/mol. The van der Waals surface area contributed by atoms with Crippen molar-refractivity contribution in [3.8, 4) is 0 Å². The number of hydrogen-bond donors (Lipinski definition) is 2. The predicted octanol–water partition coefficient (Wildman–Crippen LogP) is 1.92. The minimum atomic E-state index is -0.632. The molecule has 0 saturated carbocycles. The van der Waals surface area contributed by atoms with E-state index in [1.165, 1.54) is 4.90 Å². The maximum Gasteiger partial charge on any atom is 0.349 e. The summed E-state index contributed by atoms with van der Waals surface area (Å²) < 4.78 is 5.51. The van der Waals surface area contributed by atoms with Crippen LogP contribution >= 0.6 is 0 Å². The van der Waals surface area contributed by atoms with Gasteiger partial charge in [-0.05, 0) is 50.1 Å². The molecule has 2 aromatic heterocycles. The fourth-order valence-electron chi connectivity index (χ4n) is 3.88. The molecule has 1 saturated heterocycles. The van der Waals surface area contributed by atoms with E-state index in [1.54, 1.807) is 44.3 Å². The minimum absolute atomic E-state index is 0.00755. The van der Waals surface area contributed by atoms with Gasteiger partial charge in [0, 0.05) is 19.5 Å². The van der Waals surface area contributed by atoms with Crippen LogP contribution < -0.4 is 16.5 Å². The summed E-state index contributed by atoms with van der Waals surface area (Å²) >= 11 is 0. The summed E-state index contributed by atoms with van der Waals surface area (Å²) in [6, 6.07) is 8.79. The van der Waals surface area contributed by atoms with Crippen molar-refractivity contribution in [2.75, 3.05) is 20.1 Å². The van der Waals surface area contributed by atoms with Gasteiger partial charge in [-0.3, -0.25) is 9.59 Å². The lowest BCUT2D eigenvalue weighted by Crippen LogP contribution is -2.33. The molecule has 0 spiro atoms. The zero-order chi connectivity index (χ0) is 21.3. The van der Waals surface area contributed by atoms with Crippen molar-refractivity contribution in [2.24, 2.45) is 0 Å². The molecule has 1 unspecified atom stereocenters. The van der Waals surface area contributed by atoms with Gasteiger partial charge in [-0.15, -0.1) is 0 Å². The van der Waals surface area contributed by atoms with Crippen LogP contribution in [0.4, 0.5) is 0 Å². The molecule has 1 aliphatic rings. The number of rotatable bonds is 4. The number of hydrogen-bond acceptors (Lipinski definition) is 6. The number of nitrogens with zero attached hydrogens (tertiary/aromatic N) is 2. The minimum Gasteiger partial charge on any atom is -0.427 e. The van der Waals surface area contributed by atoms with Gasteiger partial charge in [0.15, 0.2) is 0 Å². The fraction of sp³-hybridized carbons (Fsp3) is 0.364. The summed E-state index contributed by atoms with van der Waals surface area (Å²) in [5.74, 6) is 0.634. The van der Waals surface area contributed by atoms with Gasteiger partial charge in [-0.1, -0.05) is 12.1 Å². The number of aryl methyl sites for hydroxylation is 1. The Hall–Kier alpha value is -3.26. The molecule has 0 aliphatic carbocycles. The summed E-state index contributed by atoms with van der Waals surface area (Å²) in [6.07, 6.45) is 1.97. The third-order valence-electron chi connectivity index (χ3n) is 5.48. The summed E-state index contributed by atoms with van der Waals surface area (Å²) in [6.45, 7) is 3.53. The van der Waals surface area contributed by atoms with Gasteiger partial charge in [-0.25, -0.2) is 9.78 Å². The molecule has 4 rings (SSSR count). The van der Waals surface area contributed by atoms with Crippen LogP contribution in [0.5, 0.6) is 0 Å². The molecule has 1 aliphatic heterocycles. The van der Waals surface area contributed by atoms with Crippen LogP contribution in [0.1, 0.15) is 46.3 Å². The van der Waals surface area contributed by atoms with Crippen molar-refractivity contribution in [1.82, 2.24) is 20.2 Å². The van der Waals surface area contributed by atoms with E-state index < -0.39 is 11.5 Å². The molecule has 1 amide bonds. The lowest BCUT2D eigenvalue weighted by Gasteiger charge is -2.22. The molecule has 1 fully saturated rings. The van der Waals surface area contributed by atoms with Gasteiger partial charge in [0.2, 0.25) is 0 Å². The highest BCUT2D eigenvalue weighted by molar-refractivity contribution is 5.94. The Morgan fingerprint density at radius 3 is 2.83 bits per heavy atom. The average molecular weight is 408 g/mol. The zero-order valence-electron chi connectivity index (χ0n) is 17.0. The van der Waals surface area contributed by atoms with Crippen molar-refractivity contribution >= 4 is 16.8 Å². The Morgan fingerprint density at radius 2 is 2.10 bits per heavy atom. The van der Waals surface area contributed by atoms with Crippen LogP contribution in [0.3, 0.4) is 0 Å². The standard InChI is InChI=1S/C22H24N4O4/c1-13-10-17(14-6-5-9-23-11-14)30-22(29)19(13)21(28)26(2)12-18-24-16-8-4-3-7-15(16)20(27)25-18/h3-4,7-8,10,14,23H,5-6,9,11-12H2,1-2H3,(H,24,25,27). The number of piperidine rings is 1. The van der Waals surface area contributed by atoms with Crippen LogP contribution in [-0.2, 0) is 6.54 Å². The average Bonchev–Trinajstić information content (AvgIpc) is 2.73. The van der Waals surface area contributed by atoms with Gasteiger partial charge < -0.3 is 19.6 Å². The number of fused-ring (bicyclic) bond motifs is 1. The first kappa shape index (κ1) is 20.0. The van der Waals surface area contributed by atoms with E-state index in [1.807, 2.05) is 0 Å². The Morgan fingerprint density at radius 1 is 1.30 bits per heavy atom. The highest BCUT2D eigenvalue weighted by Gasteiger charge is 2.24. The van der Waals surface area contributed by atoms with E-state index in [-0.39, 0.29) is 23.6 Å². The van der Waals surface area contributed by atoms with Crippen LogP contribution in [0.25, 0.3) is 10.9 Å². The van der Waals surface area contributed by atoms with Gasteiger partial charge in [0.05, 0.1) is 17.4 Å². The number of nitrogens with one attached hydrogen (secondary N) is 2. The molecule has 1 aromatic carbocycles. The SMILES string of the molecule is Cc1cc(C2CCCNC2)oc(=O)c1C(=O)N(C)Cc1nc2ccccc2c(=O)[nH]1. The molecule has 3 aromatic rings. The number of aromatic nitrogens is 2. The quantitative estimate of drug-likeness (QED) is 0.683. The normalized spacial score (nSPS) is 16.5. The zero-order valence-corrected chi connectivity index (χ0v) is 17.0. The number of aromatic amines is 1. The van der Waals surface area contributed by atoms with Crippen molar-refractivity contribution < 1.29 is 9.21 Å². The third-order valence-corrected chi connectivity index (χ3v) is 5.48. The second-order valence-corrected chi connectivity index (χ2v) is 7.73. The third kappa shape index (κ3) is 3.91. The van der Waals surface area contributed by atoms with Gasteiger partial charge in [0.1, 0.15) is 17.1 Å². The lowest BCUT2D eigenvalue weighted by atomic mass is 9.95. The molecular formula is C22H24N4O4. The summed E-state index contributed by atoms with van der Waals surface area (Å²) in [4.78, 5) is 46.3. The van der Waals surface area contributed by atoms with Crippen molar-refractivity contribution in [3.05, 3.63) is 73.8 Å². The number of H-pyrrole nitrogens is 1. The molecule has 0 radical (unpaired) electrons. The van der Waals surface area contributed by atoms with E-state index >= 15 is 0 Å². The number of carbonyl (C=O) groups is 1. The fourth-order valence-corrected chi connectivity index (χ4v) is 3.88. The van der Waals surface area contributed by atoms with Gasteiger partial charge in [0.25, 0.3) is 11.5 Å². The van der Waals surface area contributed by atoms with Gasteiger partial charge in [-0.2, -0.15) is 0 Å². The van der Waals surface area contributed by atoms with Crippen molar-refractivity contribution in [3.63, 3.8) is 0 Å². The summed E-state index contributed by atoms with van der Waals surface area (Å²) in [5, 5.41) is 3.78. The van der Waals surface area contributed by atoms with Crippen LogP contribution in [0.15, 0.2) is 44.3 Å². The van der Waals surface area contributed by atoms with E-state index in [2.05, 4.69) is 15.3 Å². The largest absolute Gasteiger partial charge is 0.427 e. The van der Waals surface area contributed by atoms with Crippen molar-refractivity contribution in [1.29, 1.82) is 0 Å². The highest BCUT2D eigenvalue weighted by atomic mass is 16.4. The Labute approximate surface area is 172 Å². The molecule has 30 heavy (non-hydrogen) atoms. The maximum absolute atomic E-state index is 13.0. The predicted molar refractivity (Wildman–Crippen MR) is 113 cm³/mol. The Kier molecular flexibility index (Phi) is 5.50. The molecule has 8 heteroatoms. The Balaban J connectivity index is 1.58. The van der Waals surface area contributed by atoms with Gasteiger partial charge >= 0.3 is 5.63 Å². The van der Waals surface area contributed by atoms with Crippen LogP contribution in [-0.4, -0.2) is 40.9 Å². The number of amides is 1. The second kappa shape index (κ2) is 8.23. The van der Waals surface area contributed by atoms with Crippen LogP contribution in [0, 0.1) is 6.92 Å². The van der Waals surface area contributed by atoms with E-state index in [0.29, 0.717) is 28.1 Å². The number of para-hydroxylation sites is 1. The first-order valence-electron chi connectivity index (χ1n) is 10.0. The molecule has 1 atom stereocenters. The molecule has 0 bridgehead atoms. The molecule has 156 valence electrons. The molecular weight excluding hydrogens is 384 g/mol. The molecule has 8 nitrogen and oxygen atoms in total. The van der Waals surface area contributed by atoms with E-state index in [9.17, 15) is 14.4 Å². The first-order chi connectivity index (χ1) is 14.4. The maximum atomic E-state index is 13.0. The van der Waals surface area contributed by atoms with E-state index in [0.717, 1.165) is 25.9 Å². The van der Waals surface area contributed by atoms with Crippen LogP contribution in [0.2, 0.25) is 0 Å². The summed E-state index contributed by atoms with van der Waals surface area (Å²) in [7, 11) is 1.56. The topological polar surface area (TPSA) is 108 Å². The smallest absolute Gasteiger partial charge is 0.349 e. The summed E-state index contributed by atoms with van der Waals surface area (Å²) in [5.41, 5.74) is 0.250. The molecule has 2 N–H and O–H groups in total. The first-order valence-corrected chi connectivity index (χ1v) is 10.0. The van der Waals surface area contributed by atoms with Crippen molar-refractivity contribution in [2.45, 2.75) is 32.2 Å².